The van der Waals surface area contributed by atoms with Gasteiger partial charge in [0.1, 0.15) is 11.9 Å². The number of nitrogens with zero attached hydrogens (tertiary/aromatic N) is 6. The Bertz CT molecular complexity index is 803. The first-order chi connectivity index (χ1) is 9.91. The van der Waals surface area contributed by atoms with Crippen LogP contribution in [0.3, 0.4) is 0 Å². The van der Waals surface area contributed by atoms with Gasteiger partial charge in [-0.2, -0.15) is 14.7 Å². The van der Waals surface area contributed by atoms with E-state index in [4.69, 9.17) is 5.26 Å². The summed E-state index contributed by atoms with van der Waals surface area (Å²) in [6.07, 6.45) is 4.61. The van der Waals surface area contributed by atoms with Crippen LogP contribution in [0, 0.1) is 18.3 Å². The maximum atomic E-state index is 12.4. The van der Waals surface area contributed by atoms with Crippen LogP contribution in [-0.2, 0) is 17.1 Å². The zero-order valence-corrected chi connectivity index (χ0v) is 12.4. The average molecular weight is 306 g/mol. The van der Waals surface area contributed by atoms with Gasteiger partial charge in [-0.15, -0.1) is 0 Å². The Labute approximate surface area is 122 Å². The van der Waals surface area contributed by atoms with E-state index in [-0.39, 0.29) is 11.1 Å². The zero-order valence-electron chi connectivity index (χ0n) is 11.6. The summed E-state index contributed by atoms with van der Waals surface area (Å²) in [6, 6.07) is 1.96. The molecule has 0 atom stereocenters. The maximum Gasteiger partial charge on any atom is 0.262 e. The van der Waals surface area contributed by atoms with Crippen molar-refractivity contribution in [3.63, 3.8) is 0 Å². The van der Waals surface area contributed by atoms with E-state index in [2.05, 4.69) is 10.1 Å². The van der Waals surface area contributed by atoms with Crippen LogP contribution in [-0.4, -0.2) is 45.1 Å². The van der Waals surface area contributed by atoms with Gasteiger partial charge in [0.05, 0.1) is 17.8 Å². The number of sulfonamides is 1. The van der Waals surface area contributed by atoms with Crippen LogP contribution in [0.5, 0.6) is 0 Å². The van der Waals surface area contributed by atoms with Crippen LogP contribution in [0.25, 0.3) is 0 Å². The molecular formula is C12H14N6O2S. The van der Waals surface area contributed by atoms with Crippen LogP contribution in [0.2, 0.25) is 0 Å². The summed E-state index contributed by atoms with van der Waals surface area (Å²) >= 11 is 0. The summed E-state index contributed by atoms with van der Waals surface area (Å²) in [7, 11) is -1.79. The van der Waals surface area contributed by atoms with Gasteiger partial charge in [-0.25, -0.2) is 13.4 Å². The fourth-order valence-corrected chi connectivity index (χ4v) is 3.70. The van der Waals surface area contributed by atoms with Crippen molar-refractivity contribution in [2.75, 3.05) is 13.1 Å². The van der Waals surface area contributed by atoms with Gasteiger partial charge in [0.15, 0.2) is 5.03 Å². The number of hydrogen-bond acceptors (Lipinski definition) is 5. The molecular weight excluding hydrogens is 292 g/mol. The van der Waals surface area contributed by atoms with Crippen molar-refractivity contribution in [1.82, 2.24) is 23.6 Å². The standard InChI is InChI=1S/C12H14N6O2S/c1-9-15-12(8-16(9)2)21(19,20)17-6-11(7-17)18-5-10(3-13)4-14-18/h4-5,8,11H,6-7H2,1-2H3. The lowest BCUT2D eigenvalue weighted by atomic mass is 10.2. The highest BCUT2D eigenvalue weighted by Gasteiger charge is 2.39. The molecule has 3 heterocycles. The highest BCUT2D eigenvalue weighted by molar-refractivity contribution is 7.89. The van der Waals surface area contributed by atoms with Crippen LogP contribution in [0.1, 0.15) is 17.4 Å². The van der Waals surface area contributed by atoms with Crippen molar-refractivity contribution in [2.24, 2.45) is 7.05 Å². The van der Waals surface area contributed by atoms with Crippen LogP contribution < -0.4 is 0 Å². The van der Waals surface area contributed by atoms with E-state index in [1.807, 2.05) is 6.07 Å². The molecule has 0 saturated carbocycles. The predicted octanol–water partition coefficient (Wildman–Crippen LogP) is 0.0423. The molecule has 3 rings (SSSR count). The van der Waals surface area contributed by atoms with Crippen molar-refractivity contribution < 1.29 is 8.42 Å². The number of rotatable bonds is 3. The Morgan fingerprint density at radius 2 is 2.10 bits per heavy atom. The minimum atomic E-state index is -3.55. The number of aromatic nitrogens is 4. The van der Waals surface area contributed by atoms with E-state index >= 15 is 0 Å². The van der Waals surface area contributed by atoms with E-state index in [0.717, 1.165) is 0 Å². The van der Waals surface area contributed by atoms with Gasteiger partial charge >= 0.3 is 0 Å². The minimum absolute atomic E-state index is 0.0355. The maximum absolute atomic E-state index is 12.4. The van der Waals surface area contributed by atoms with Gasteiger partial charge in [-0.1, -0.05) is 0 Å². The fourth-order valence-electron chi connectivity index (χ4n) is 2.16. The molecule has 1 aliphatic rings. The van der Waals surface area contributed by atoms with Gasteiger partial charge in [0.25, 0.3) is 10.0 Å². The Morgan fingerprint density at radius 1 is 1.38 bits per heavy atom. The summed E-state index contributed by atoms with van der Waals surface area (Å²) in [5, 5.41) is 12.9. The molecule has 0 aliphatic carbocycles. The Balaban J connectivity index is 1.74. The van der Waals surface area contributed by atoms with E-state index in [1.165, 1.54) is 16.7 Å². The lowest BCUT2D eigenvalue weighted by Gasteiger charge is -2.37. The number of aryl methyl sites for hydroxylation is 2. The van der Waals surface area contributed by atoms with E-state index < -0.39 is 10.0 Å². The molecule has 110 valence electrons. The SMILES string of the molecule is Cc1nc(S(=O)(=O)N2CC(n3cc(C#N)cn3)C2)cn1C. The summed E-state index contributed by atoms with van der Waals surface area (Å²) in [5.41, 5.74) is 0.469. The zero-order chi connectivity index (χ0) is 15.2. The molecule has 0 aromatic carbocycles. The molecule has 0 unspecified atom stereocenters. The summed E-state index contributed by atoms with van der Waals surface area (Å²) in [6.45, 7) is 2.43. The normalized spacial score (nSPS) is 16.6. The molecule has 0 bridgehead atoms. The van der Waals surface area contributed by atoms with Crippen molar-refractivity contribution in [2.45, 2.75) is 18.0 Å². The molecule has 1 saturated heterocycles. The third-order valence-corrected chi connectivity index (χ3v) is 5.33. The second kappa shape index (κ2) is 4.68. The third-order valence-electron chi connectivity index (χ3n) is 3.62. The van der Waals surface area contributed by atoms with Gasteiger partial charge in [-0.3, -0.25) is 4.68 Å². The molecule has 2 aromatic rings. The summed E-state index contributed by atoms with van der Waals surface area (Å²) in [5.74, 6) is 0.649. The van der Waals surface area contributed by atoms with Gasteiger partial charge in [-0.05, 0) is 6.92 Å². The third kappa shape index (κ3) is 2.22. The molecule has 0 N–H and O–H groups in total. The van der Waals surface area contributed by atoms with Crippen LogP contribution in [0.4, 0.5) is 0 Å². The van der Waals surface area contributed by atoms with Gasteiger partial charge in [0, 0.05) is 32.5 Å². The molecule has 9 heteroatoms. The largest absolute Gasteiger partial charge is 0.337 e. The Kier molecular flexibility index (Phi) is 3.07. The minimum Gasteiger partial charge on any atom is -0.337 e. The number of nitriles is 1. The topological polar surface area (TPSA) is 96.8 Å². The van der Waals surface area contributed by atoms with Crippen molar-refractivity contribution >= 4 is 10.0 Å². The Morgan fingerprint density at radius 3 is 2.62 bits per heavy atom. The summed E-state index contributed by atoms with van der Waals surface area (Å²) < 4.78 is 29.5. The second-order valence-corrected chi connectivity index (χ2v) is 6.92. The van der Waals surface area contributed by atoms with E-state index in [0.29, 0.717) is 24.5 Å². The first-order valence-electron chi connectivity index (χ1n) is 6.36. The first-order valence-corrected chi connectivity index (χ1v) is 7.80. The molecule has 1 fully saturated rings. The lowest BCUT2D eigenvalue weighted by molar-refractivity contribution is 0.191. The summed E-state index contributed by atoms with van der Waals surface area (Å²) in [4.78, 5) is 4.07. The Hall–Kier alpha value is -2.18. The second-order valence-electron chi connectivity index (χ2n) is 5.03. The monoisotopic (exact) mass is 306 g/mol. The quantitative estimate of drug-likeness (QED) is 0.797. The van der Waals surface area contributed by atoms with Crippen molar-refractivity contribution in [3.05, 3.63) is 30.0 Å². The van der Waals surface area contributed by atoms with Crippen molar-refractivity contribution in [3.8, 4) is 6.07 Å². The molecule has 2 aromatic heterocycles. The van der Waals surface area contributed by atoms with Crippen LogP contribution in [0.15, 0.2) is 23.6 Å². The van der Waals surface area contributed by atoms with Gasteiger partial charge < -0.3 is 4.57 Å². The predicted molar refractivity (Wildman–Crippen MR) is 72.7 cm³/mol. The first kappa shape index (κ1) is 13.8. The highest BCUT2D eigenvalue weighted by Crippen LogP contribution is 2.27. The highest BCUT2D eigenvalue weighted by atomic mass is 32.2. The molecule has 0 amide bonds. The molecule has 8 nitrogen and oxygen atoms in total. The molecule has 0 radical (unpaired) electrons. The smallest absolute Gasteiger partial charge is 0.262 e. The van der Waals surface area contributed by atoms with Gasteiger partial charge in [0.2, 0.25) is 0 Å². The lowest BCUT2D eigenvalue weighted by Crippen LogP contribution is -2.50. The van der Waals surface area contributed by atoms with E-state index in [9.17, 15) is 8.42 Å². The van der Waals surface area contributed by atoms with Crippen LogP contribution >= 0.6 is 0 Å². The number of imidazole rings is 1. The van der Waals surface area contributed by atoms with Crippen molar-refractivity contribution in [1.29, 1.82) is 5.26 Å². The number of hydrogen-bond donors (Lipinski definition) is 0. The fraction of sp³-hybridized carbons (Fsp3) is 0.417. The van der Waals surface area contributed by atoms with E-state index in [1.54, 1.807) is 29.4 Å². The molecule has 1 aliphatic heterocycles. The molecule has 0 spiro atoms. The molecule has 21 heavy (non-hydrogen) atoms. The average Bonchev–Trinajstić information content (AvgIpc) is 2.96.